The van der Waals surface area contributed by atoms with Gasteiger partial charge in [0, 0.05) is 27.4 Å². The normalized spacial score (nSPS) is 20.5. The van der Waals surface area contributed by atoms with E-state index in [0.717, 1.165) is 12.8 Å². The summed E-state index contributed by atoms with van der Waals surface area (Å²) in [5, 5.41) is 9.87. The van der Waals surface area contributed by atoms with Gasteiger partial charge in [0.25, 0.3) is 5.91 Å². The van der Waals surface area contributed by atoms with Gasteiger partial charge in [-0.1, -0.05) is 36.0 Å². The first-order valence-electron chi connectivity index (χ1n) is 11.9. The molecule has 1 saturated heterocycles. The van der Waals surface area contributed by atoms with Crippen LogP contribution in [0.3, 0.4) is 0 Å². The lowest BCUT2D eigenvalue weighted by molar-refractivity contribution is -0.146. The number of hydrogen-bond donors (Lipinski definition) is 4. The van der Waals surface area contributed by atoms with Crippen molar-refractivity contribution < 1.29 is 23.9 Å². The second-order valence-corrected chi connectivity index (χ2v) is 11.2. The van der Waals surface area contributed by atoms with Crippen LogP contribution in [0.4, 0.5) is 0 Å². The number of ether oxygens (including phenoxy) is 1. The van der Waals surface area contributed by atoms with Crippen LogP contribution in [0.2, 0.25) is 10.0 Å². The van der Waals surface area contributed by atoms with E-state index in [-0.39, 0.29) is 23.6 Å². The quantitative estimate of drug-likeness (QED) is 0.365. The number of halogens is 2. The molecule has 0 bridgehead atoms. The molecule has 2 unspecified atom stereocenters. The van der Waals surface area contributed by atoms with E-state index in [2.05, 4.69) is 20.9 Å². The standard InChI is InChI=1S/C25H30Cl2N4O5/c1-25(2)11-13(21(32)31-25)7-20(24(35)36-3)30-22(33)18(6-12-4-5-12)29-23(34)19-10-15-16(27)8-14(26)9-17(15)28-19/h8-10,12-13,18,20,28H,4-7,11H2,1-3H3,(H,29,34)(H,30,33)(H,31,32)/t13-,18?,20?/m1/s1. The topological polar surface area (TPSA) is 129 Å². The van der Waals surface area contributed by atoms with Crippen molar-refractivity contribution in [1.82, 2.24) is 20.9 Å². The van der Waals surface area contributed by atoms with Gasteiger partial charge in [-0.3, -0.25) is 14.4 Å². The second kappa shape index (κ2) is 10.3. The number of aromatic nitrogens is 1. The Balaban J connectivity index is 1.48. The van der Waals surface area contributed by atoms with E-state index in [0.29, 0.717) is 39.7 Å². The average molecular weight is 537 g/mol. The molecule has 36 heavy (non-hydrogen) atoms. The molecule has 11 heteroatoms. The smallest absolute Gasteiger partial charge is 0.328 e. The maximum Gasteiger partial charge on any atom is 0.328 e. The molecule has 1 aliphatic heterocycles. The molecule has 3 atom stereocenters. The summed E-state index contributed by atoms with van der Waals surface area (Å²) >= 11 is 12.3. The highest BCUT2D eigenvalue weighted by molar-refractivity contribution is 6.38. The van der Waals surface area contributed by atoms with E-state index in [4.69, 9.17) is 27.9 Å². The van der Waals surface area contributed by atoms with Crippen molar-refractivity contribution in [2.75, 3.05) is 7.11 Å². The monoisotopic (exact) mass is 536 g/mol. The number of carbonyl (C=O) groups excluding carboxylic acids is 4. The zero-order valence-corrected chi connectivity index (χ0v) is 21.9. The Bertz CT molecular complexity index is 1210. The summed E-state index contributed by atoms with van der Waals surface area (Å²) in [4.78, 5) is 54.2. The molecule has 0 radical (unpaired) electrons. The predicted molar refractivity (Wildman–Crippen MR) is 136 cm³/mol. The molecule has 4 rings (SSSR count). The lowest BCUT2D eigenvalue weighted by Crippen LogP contribution is -2.52. The molecule has 1 aliphatic carbocycles. The maximum absolute atomic E-state index is 13.3. The summed E-state index contributed by atoms with van der Waals surface area (Å²) in [5.41, 5.74) is 0.447. The summed E-state index contributed by atoms with van der Waals surface area (Å²) in [5.74, 6) is -1.91. The van der Waals surface area contributed by atoms with Crippen molar-refractivity contribution in [1.29, 1.82) is 0 Å². The van der Waals surface area contributed by atoms with Gasteiger partial charge < -0.3 is 25.7 Å². The number of aromatic amines is 1. The Morgan fingerprint density at radius 1 is 1.11 bits per heavy atom. The second-order valence-electron chi connectivity index (χ2n) is 10.3. The Kier molecular flexibility index (Phi) is 7.52. The molecule has 2 fully saturated rings. The average Bonchev–Trinajstić information content (AvgIpc) is 3.44. The molecule has 2 aromatic rings. The molecule has 2 heterocycles. The van der Waals surface area contributed by atoms with E-state index < -0.39 is 35.8 Å². The number of H-pyrrole nitrogens is 1. The number of nitrogens with one attached hydrogen (secondary N) is 4. The van der Waals surface area contributed by atoms with Crippen molar-refractivity contribution >= 4 is 57.8 Å². The molecule has 4 N–H and O–H groups in total. The number of hydrogen-bond acceptors (Lipinski definition) is 5. The molecule has 0 spiro atoms. The SMILES string of the molecule is COC(=O)C(C[C@@H]1CC(C)(C)NC1=O)NC(=O)C(CC1CC1)NC(=O)c1cc2c(Cl)cc(Cl)cc2[nH]1. The molecular weight excluding hydrogens is 507 g/mol. The fourth-order valence-electron chi connectivity index (χ4n) is 4.74. The Hall–Kier alpha value is -2.78. The van der Waals surface area contributed by atoms with Gasteiger partial charge >= 0.3 is 5.97 Å². The van der Waals surface area contributed by atoms with Crippen molar-refractivity contribution in [3.63, 3.8) is 0 Å². The van der Waals surface area contributed by atoms with Gasteiger partial charge in [-0.2, -0.15) is 0 Å². The third kappa shape index (κ3) is 6.13. The van der Waals surface area contributed by atoms with Crippen LogP contribution in [0, 0.1) is 11.8 Å². The molecule has 1 saturated carbocycles. The van der Waals surface area contributed by atoms with E-state index in [1.165, 1.54) is 7.11 Å². The van der Waals surface area contributed by atoms with Gasteiger partial charge in [-0.15, -0.1) is 0 Å². The molecule has 3 amide bonds. The van der Waals surface area contributed by atoms with Gasteiger partial charge in [-0.05, 0) is 57.2 Å². The van der Waals surface area contributed by atoms with Crippen molar-refractivity contribution in [3.8, 4) is 0 Å². The van der Waals surface area contributed by atoms with E-state index in [1.54, 1.807) is 18.2 Å². The molecule has 194 valence electrons. The first kappa shape index (κ1) is 26.3. The maximum atomic E-state index is 13.3. The number of benzene rings is 1. The minimum atomic E-state index is -1.01. The van der Waals surface area contributed by atoms with Crippen LogP contribution in [0.5, 0.6) is 0 Å². The lowest BCUT2D eigenvalue weighted by atomic mass is 9.91. The highest BCUT2D eigenvalue weighted by Crippen LogP contribution is 2.34. The summed E-state index contributed by atoms with van der Waals surface area (Å²) < 4.78 is 4.89. The zero-order chi connectivity index (χ0) is 26.2. The van der Waals surface area contributed by atoms with E-state index >= 15 is 0 Å². The molecule has 1 aromatic heterocycles. The molecule has 9 nitrogen and oxygen atoms in total. The van der Waals surface area contributed by atoms with Crippen molar-refractivity contribution in [3.05, 3.63) is 33.9 Å². The van der Waals surface area contributed by atoms with E-state index in [9.17, 15) is 19.2 Å². The van der Waals surface area contributed by atoms with Crippen molar-refractivity contribution in [2.24, 2.45) is 11.8 Å². The highest BCUT2D eigenvalue weighted by atomic mass is 35.5. The highest BCUT2D eigenvalue weighted by Gasteiger charge is 2.41. The van der Waals surface area contributed by atoms with Crippen LogP contribution < -0.4 is 16.0 Å². The van der Waals surface area contributed by atoms with E-state index in [1.807, 2.05) is 13.8 Å². The summed E-state index contributed by atoms with van der Waals surface area (Å²) in [6, 6.07) is 2.97. The van der Waals surface area contributed by atoms with Gasteiger partial charge in [0.15, 0.2) is 0 Å². The molecule has 1 aromatic carbocycles. The zero-order valence-electron chi connectivity index (χ0n) is 20.4. The minimum Gasteiger partial charge on any atom is -0.467 e. The van der Waals surface area contributed by atoms with Crippen LogP contribution in [0.1, 0.15) is 56.4 Å². The fraction of sp³-hybridized carbons (Fsp3) is 0.520. The predicted octanol–water partition coefficient (Wildman–Crippen LogP) is 3.34. The van der Waals surface area contributed by atoms with Crippen LogP contribution in [0.15, 0.2) is 18.2 Å². The van der Waals surface area contributed by atoms with Crippen LogP contribution in [-0.4, -0.2) is 53.4 Å². The third-order valence-electron chi connectivity index (χ3n) is 6.70. The van der Waals surface area contributed by atoms with Crippen LogP contribution >= 0.6 is 23.2 Å². The van der Waals surface area contributed by atoms with Crippen molar-refractivity contribution in [2.45, 2.75) is 63.6 Å². The Morgan fingerprint density at radius 2 is 1.83 bits per heavy atom. The van der Waals surface area contributed by atoms with Gasteiger partial charge in [0.1, 0.15) is 17.8 Å². The summed E-state index contributed by atoms with van der Waals surface area (Å²) in [6.45, 7) is 3.81. The summed E-state index contributed by atoms with van der Waals surface area (Å²) in [6.07, 6.45) is 3.02. The van der Waals surface area contributed by atoms with Gasteiger partial charge in [0.05, 0.1) is 12.1 Å². The van der Waals surface area contributed by atoms with Gasteiger partial charge in [0.2, 0.25) is 11.8 Å². The first-order valence-corrected chi connectivity index (χ1v) is 12.7. The number of fused-ring (bicyclic) bond motifs is 1. The molecule has 2 aliphatic rings. The summed E-state index contributed by atoms with van der Waals surface area (Å²) in [7, 11) is 1.23. The Labute approximate surface area is 219 Å². The Morgan fingerprint density at radius 3 is 2.44 bits per heavy atom. The lowest BCUT2D eigenvalue weighted by Gasteiger charge is -2.23. The molecular formula is C25H30Cl2N4O5. The largest absolute Gasteiger partial charge is 0.467 e. The number of esters is 1. The number of amides is 3. The number of carbonyl (C=O) groups is 4. The van der Waals surface area contributed by atoms with Gasteiger partial charge in [-0.25, -0.2) is 4.79 Å². The number of rotatable bonds is 9. The first-order chi connectivity index (χ1) is 17.0. The van der Waals surface area contributed by atoms with Crippen LogP contribution in [-0.2, 0) is 19.1 Å². The third-order valence-corrected chi connectivity index (χ3v) is 7.23. The minimum absolute atomic E-state index is 0.110. The fourth-order valence-corrected chi connectivity index (χ4v) is 5.28. The number of methoxy groups -OCH3 is 1. The van der Waals surface area contributed by atoms with Crippen LogP contribution in [0.25, 0.3) is 10.9 Å².